The van der Waals surface area contributed by atoms with Gasteiger partial charge in [0.1, 0.15) is 0 Å². The normalized spacial score (nSPS) is 15.9. The largest absolute Gasteiger partial charge is 0.367 e. The first-order chi connectivity index (χ1) is 13.4. The fourth-order valence-electron chi connectivity index (χ4n) is 3.20. The number of nitrogens with two attached hydrogens (primary N) is 1. The smallest absolute Gasteiger partial charge is 0.312 e. The number of amides is 3. The molecule has 1 saturated heterocycles. The number of carbonyl (C=O) groups excluding carboxylic acids is 2. The second kappa shape index (κ2) is 9.27. The minimum absolute atomic E-state index is 0.0815. The molecule has 28 heavy (non-hydrogen) atoms. The zero-order valence-corrected chi connectivity index (χ0v) is 17.2. The molecule has 9 heteroatoms. The first-order valence-electron chi connectivity index (χ1n) is 9.04. The summed E-state index contributed by atoms with van der Waals surface area (Å²) < 4.78 is 0. The van der Waals surface area contributed by atoms with E-state index >= 15 is 0 Å². The third-order valence-electron chi connectivity index (χ3n) is 4.67. The zero-order chi connectivity index (χ0) is 20.1. The molecule has 150 valence electrons. The number of hydrogen-bond donors (Lipinski definition) is 3. The molecule has 0 saturated carbocycles. The maximum absolute atomic E-state index is 12.7. The van der Waals surface area contributed by atoms with Crippen molar-refractivity contribution in [3.63, 3.8) is 0 Å². The van der Waals surface area contributed by atoms with Crippen LogP contribution in [0.15, 0.2) is 35.7 Å². The Hall–Kier alpha value is -2.29. The zero-order valence-electron chi connectivity index (χ0n) is 15.7. The molecule has 0 aliphatic carbocycles. The number of urea groups is 1. The first kappa shape index (κ1) is 20.4. The predicted molar refractivity (Wildman–Crippen MR) is 114 cm³/mol. The molecule has 1 aliphatic rings. The number of piperazine rings is 1. The number of anilines is 2. The van der Waals surface area contributed by atoms with Crippen molar-refractivity contribution in [1.29, 1.82) is 0 Å². The van der Waals surface area contributed by atoms with Gasteiger partial charge in [0.25, 0.3) is 0 Å². The van der Waals surface area contributed by atoms with Gasteiger partial charge in [-0.15, -0.1) is 11.3 Å². The van der Waals surface area contributed by atoms with E-state index in [1.54, 1.807) is 6.07 Å². The SMILES string of the molecule is CN1CCN(c2ccc(Cl)cc2NC(=O)CC(NC(N)=O)c2cccs2)CC1. The minimum atomic E-state index is -0.660. The number of thiophene rings is 1. The highest BCUT2D eigenvalue weighted by atomic mass is 35.5. The molecule has 0 radical (unpaired) electrons. The molecule has 3 amide bonds. The number of benzene rings is 1. The van der Waals surface area contributed by atoms with Gasteiger partial charge in [0.05, 0.1) is 23.8 Å². The lowest BCUT2D eigenvalue weighted by molar-refractivity contribution is -0.116. The number of rotatable bonds is 6. The van der Waals surface area contributed by atoms with E-state index in [1.807, 2.05) is 29.6 Å². The van der Waals surface area contributed by atoms with Gasteiger partial charge in [0.2, 0.25) is 5.91 Å². The summed E-state index contributed by atoms with van der Waals surface area (Å²) in [6.07, 6.45) is 0.0815. The van der Waals surface area contributed by atoms with Crippen LogP contribution >= 0.6 is 22.9 Å². The molecule has 2 aromatic rings. The second-order valence-electron chi connectivity index (χ2n) is 6.78. The Morgan fingerprint density at radius 1 is 1.25 bits per heavy atom. The third kappa shape index (κ3) is 5.37. The summed E-state index contributed by atoms with van der Waals surface area (Å²) in [5.41, 5.74) is 6.89. The topological polar surface area (TPSA) is 90.7 Å². The van der Waals surface area contributed by atoms with Crippen molar-refractivity contribution >= 4 is 46.3 Å². The van der Waals surface area contributed by atoms with E-state index in [0.29, 0.717) is 10.7 Å². The minimum Gasteiger partial charge on any atom is -0.367 e. The van der Waals surface area contributed by atoms with Gasteiger partial charge >= 0.3 is 6.03 Å². The molecule has 1 atom stereocenters. The quantitative estimate of drug-likeness (QED) is 0.668. The third-order valence-corrected chi connectivity index (χ3v) is 5.89. The van der Waals surface area contributed by atoms with E-state index in [2.05, 4.69) is 27.5 Å². The number of nitrogens with one attached hydrogen (secondary N) is 2. The standard InChI is InChI=1S/C19H24ClN5O2S/c1-24-6-8-25(9-7-24)16-5-4-13(20)11-14(16)22-18(26)12-15(23-19(21)27)17-3-2-10-28-17/h2-5,10-11,15H,6-9,12H2,1H3,(H,22,26)(H3,21,23,27). The van der Waals surface area contributed by atoms with E-state index in [4.69, 9.17) is 17.3 Å². The number of hydrogen-bond acceptors (Lipinski definition) is 5. The summed E-state index contributed by atoms with van der Waals surface area (Å²) in [4.78, 5) is 29.4. The van der Waals surface area contributed by atoms with Crippen molar-refractivity contribution in [1.82, 2.24) is 10.2 Å². The molecule has 2 heterocycles. The summed E-state index contributed by atoms with van der Waals surface area (Å²) in [6, 6.07) is 8.13. The van der Waals surface area contributed by atoms with Crippen molar-refractivity contribution in [2.24, 2.45) is 5.73 Å². The van der Waals surface area contributed by atoms with Crippen LogP contribution in [0.4, 0.5) is 16.2 Å². The van der Waals surface area contributed by atoms with Crippen LogP contribution in [0.1, 0.15) is 17.3 Å². The summed E-state index contributed by atoms with van der Waals surface area (Å²) in [5, 5.41) is 8.05. The number of primary amides is 1. The van der Waals surface area contributed by atoms with Crippen LogP contribution in [0.25, 0.3) is 0 Å². The lowest BCUT2D eigenvalue weighted by Gasteiger charge is -2.35. The molecule has 1 aromatic heterocycles. The Morgan fingerprint density at radius 2 is 2.00 bits per heavy atom. The summed E-state index contributed by atoms with van der Waals surface area (Å²) in [5.74, 6) is -0.218. The van der Waals surface area contributed by atoms with Crippen LogP contribution in [0.5, 0.6) is 0 Å². The van der Waals surface area contributed by atoms with Gasteiger partial charge in [0.15, 0.2) is 0 Å². The van der Waals surface area contributed by atoms with E-state index in [0.717, 1.165) is 36.7 Å². The number of carbonyl (C=O) groups is 2. The lowest BCUT2D eigenvalue weighted by atomic mass is 10.1. The van der Waals surface area contributed by atoms with Crippen LogP contribution in [0.3, 0.4) is 0 Å². The van der Waals surface area contributed by atoms with Crippen LogP contribution in [0, 0.1) is 0 Å². The van der Waals surface area contributed by atoms with Gasteiger partial charge in [-0.25, -0.2) is 4.79 Å². The number of likely N-dealkylation sites (N-methyl/N-ethyl adjacent to an activating group) is 1. The molecule has 0 spiro atoms. The van der Waals surface area contributed by atoms with Crippen LogP contribution in [0.2, 0.25) is 5.02 Å². The van der Waals surface area contributed by atoms with E-state index in [1.165, 1.54) is 11.3 Å². The van der Waals surface area contributed by atoms with Gasteiger partial charge < -0.3 is 26.2 Å². The maximum Gasteiger partial charge on any atom is 0.312 e. The van der Waals surface area contributed by atoms with Crippen molar-refractivity contribution in [3.05, 3.63) is 45.6 Å². The Labute approximate surface area is 173 Å². The molecular weight excluding hydrogens is 398 g/mol. The number of nitrogens with zero attached hydrogens (tertiary/aromatic N) is 2. The highest BCUT2D eigenvalue weighted by Crippen LogP contribution is 2.31. The Kier molecular flexibility index (Phi) is 6.77. The Morgan fingerprint density at radius 3 is 2.64 bits per heavy atom. The highest BCUT2D eigenvalue weighted by molar-refractivity contribution is 7.10. The van der Waals surface area contributed by atoms with E-state index in [-0.39, 0.29) is 12.3 Å². The van der Waals surface area contributed by atoms with E-state index in [9.17, 15) is 9.59 Å². The molecule has 7 nitrogen and oxygen atoms in total. The fraction of sp³-hybridized carbons (Fsp3) is 0.368. The number of halogens is 1. The molecule has 1 aromatic carbocycles. The Bertz CT molecular complexity index is 822. The molecule has 1 unspecified atom stereocenters. The van der Waals surface area contributed by atoms with Gasteiger partial charge in [-0.1, -0.05) is 17.7 Å². The summed E-state index contributed by atoms with van der Waals surface area (Å²) >= 11 is 7.63. The van der Waals surface area contributed by atoms with Crippen LogP contribution in [-0.2, 0) is 4.79 Å². The molecule has 1 aliphatic heterocycles. The molecule has 3 rings (SSSR count). The monoisotopic (exact) mass is 421 g/mol. The molecular formula is C19H24ClN5O2S. The Balaban J connectivity index is 1.74. The summed E-state index contributed by atoms with van der Waals surface area (Å²) in [6.45, 7) is 3.67. The van der Waals surface area contributed by atoms with Crippen molar-refractivity contribution in [2.45, 2.75) is 12.5 Å². The van der Waals surface area contributed by atoms with Crippen molar-refractivity contribution < 1.29 is 9.59 Å². The lowest BCUT2D eigenvalue weighted by Crippen LogP contribution is -2.44. The molecule has 4 N–H and O–H groups in total. The predicted octanol–water partition coefficient (Wildman–Crippen LogP) is 2.89. The average molecular weight is 422 g/mol. The van der Waals surface area contributed by atoms with Crippen LogP contribution < -0.4 is 21.3 Å². The maximum atomic E-state index is 12.7. The van der Waals surface area contributed by atoms with Gasteiger partial charge in [-0.3, -0.25) is 4.79 Å². The van der Waals surface area contributed by atoms with Crippen molar-refractivity contribution in [3.8, 4) is 0 Å². The molecule has 1 fully saturated rings. The van der Waals surface area contributed by atoms with E-state index < -0.39 is 12.1 Å². The van der Waals surface area contributed by atoms with Gasteiger partial charge in [-0.05, 0) is 36.7 Å². The highest BCUT2D eigenvalue weighted by Gasteiger charge is 2.21. The average Bonchev–Trinajstić information content (AvgIpc) is 3.16. The first-order valence-corrected chi connectivity index (χ1v) is 10.3. The van der Waals surface area contributed by atoms with Gasteiger partial charge in [0, 0.05) is 36.1 Å². The molecule has 0 bridgehead atoms. The van der Waals surface area contributed by atoms with Crippen molar-refractivity contribution in [2.75, 3.05) is 43.4 Å². The fourth-order valence-corrected chi connectivity index (χ4v) is 4.15. The second-order valence-corrected chi connectivity index (χ2v) is 8.20. The summed E-state index contributed by atoms with van der Waals surface area (Å²) in [7, 11) is 2.10. The van der Waals surface area contributed by atoms with Gasteiger partial charge in [-0.2, -0.15) is 0 Å². The van der Waals surface area contributed by atoms with Crippen LogP contribution in [-0.4, -0.2) is 50.1 Å².